The minimum atomic E-state index is -1.35. The van der Waals surface area contributed by atoms with Gasteiger partial charge in [0.2, 0.25) is 0 Å². The molecule has 5 aromatic rings. The van der Waals surface area contributed by atoms with E-state index in [0.29, 0.717) is 48.7 Å². The SMILES string of the molecule is COc1ccc(C(C)(C)[C@@H]2[C@@H](CCn3cc(CCO)nn3)O[C@]3(C(=O)N(Cc4ccccc4)c4ccc(N5C(=O)COc6ccccc65)cc43)[C@H]2C)cc1. The Morgan fingerprint density at radius 3 is 2.48 bits per heavy atom. The van der Waals surface area contributed by atoms with E-state index in [1.54, 1.807) is 16.7 Å². The summed E-state index contributed by atoms with van der Waals surface area (Å²) in [6.07, 6.45) is 2.48. The zero-order valence-corrected chi connectivity index (χ0v) is 31.0. The smallest absolute Gasteiger partial charge is 0.269 e. The minimum absolute atomic E-state index is 0.00673. The summed E-state index contributed by atoms with van der Waals surface area (Å²) in [7, 11) is 1.66. The molecule has 0 aliphatic carbocycles. The van der Waals surface area contributed by atoms with Crippen molar-refractivity contribution in [3.8, 4) is 11.5 Å². The van der Waals surface area contributed by atoms with E-state index in [2.05, 4.69) is 43.2 Å². The van der Waals surface area contributed by atoms with Crippen LogP contribution in [0.5, 0.6) is 11.5 Å². The predicted octanol–water partition coefficient (Wildman–Crippen LogP) is 6.34. The van der Waals surface area contributed by atoms with Crippen molar-refractivity contribution in [2.75, 3.05) is 30.1 Å². The van der Waals surface area contributed by atoms with E-state index in [0.717, 1.165) is 28.1 Å². The average molecular weight is 728 g/mol. The number of hydrogen-bond acceptors (Lipinski definition) is 8. The van der Waals surface area contributed by atoms with Crippen molar-refractivity contribution in [1.29, 1.82) is 0 Å². The Morgan fingerprint density at radius 2 is 1.72 bits per heavy atom. The molecular formula is C43H45N5O6. The molecule has 278 valence electrons. The van der Waals surface area contributed by atoms with Crippen LogP contribution in [0.1, 0.15) is 49.6 Å². The van der Waals surface area contributed by atoms with Gasteiger partial charge in [-0.25, -0.2) is 0 Å². The monoisotopic (exact) mass is 727 g/mol. The highest BCUT2D eigenvalue weighted by molar-refractivity contribution is 6.09. The third kappa shape index (κ3) is 5.92. The van der Waals surface area contributed by atoms with Crippen molar-refractivity contribution >= 4 is 28.9 Å². The molecule has 1 spiro atoms. The van der Waals surface area contributed by atoms with E-state index < -0.39 is 11.0 Å². The summed E-state index contributed by atoms with van der Waals surface area (Å²) in [5.41, 5.74) is 3.82. The molecule has 4 atom stereocenters. The zero-order chi connectivity index (χ0) is 37.6. The molecule has 54 heavy (non-hydrogen) atoms. The molecule has 1 N–H and O–H groups in total. The number of benzene rings is 4. The lowest BCUT2D eigenvalue weighted by Gasteiger charge is -2.39. The fourth-order valence-electron chi connectivity index (χ4n) is 8.96. The summed E-state index contributed by atoms with van der Waals surface area (Å²) < 4.78 is 20.4. The molecule has 0 saturated carbocycles. The normalized spacial score (nSPS) is 22.1. The van der Waals surface area contributed by atoms with E-state index in [9.17, 15) is 9.90 Å². The summed E-state index contributed by atoms with van der Waals surface area (Å²) >= 11 is 0. The molecule has 8 rings (SSSR count). The lowest BCUT2D eigenvalue weighted by atomic mass is 9.63. The minimum Gasteiger partial charge on any atom is -0.497 e. The maximum absolute atomic E-state index is 15.4. The number of aryl methyl sites for hydroxylation is 1. The van der Waals surface area contributed by atoms with Crippen molar-refractivity contribution in [2.45, 2.75) is 63.8 Å². The van der Waals surface area contributed by atoms with Crippen LogP contribution in [-0.2, 0) is 44.9 Å². The second-order valence-corrected chi connectivity index (χ2v) is 15.0. The van der Waals surface area contributed by atoms with Gasteiger partial charge >= 0.3 is 0 Å². The van der Waals surface area contributed by atoms with Gasteiger partial charge in [0.15, 0.2) is 12.2 Å². The Bertz CT molecular complexity index is 2170. The van der Waals surface area contributed by atoms with Gasteiger partial charge in [-0.15, -0.1) is 5.10 Å². The molecule has 4 heterocycles. The molecule has 0 unspecified atom stereocenters. The van der Waals surface area contributed by atoms with Gasteiger partial charge in [0.25, 0.3) is 11.8 Å². The number of nitrogens with zero attached hydrogens (tertiary/aromatic N) is 5. The number of methoxy groups -OCH3 is 1. The highest BCUT2D eigenvalue weighted by Gasteiger charge is 2.66. The number of carbonyl (C=O) groups excluding carboxylic acids is 2. The van der Waals surface area contributed by atoms with Crippen LogP contribution in [0.3, 0.4) is 0 Å². The second-order valence-electron chi connectivity index (χ2n) is 15.0. The fraction of sp³-hybridized carbons (Fsp3) is 0.349. The van der Waals surface area contributed by atoms with Crippen LogP contribution in [0.4, 0.5) is 17.1 Å². The van der Waals surface area contributed by atoms with Crippen molar-refractivity contribution in [1.82, 2.24) is 15.0 Å². The van der Waals surface area contributed by atoms with Crippen LogP contribution in [0.15, 0.2) is 103 Å². The maximum Gasteiger partial charge on any atom is 0.269 e. The van der Waals surface area contributed by atoms with E-state index >= 15 is 4.79 Å². The standard InChI is InChI=1S/C43H45N5O6/c1-28-40(42(2,3)30-14-17-33(52-4)18-15-30)38(20-22-46-26-31(21-23-49)44-45-46)54-43(28)34-24-32(48-36-12-8-9-13-37(36)53-27-39(48)50)16-19-35(34)47(41(43)51)25-29-10-6-5-7-11-29/h5-19,24,26,28,38,40,49H,20-23,25,27H2,1-4H3/t28-,38+,40-,43+/m0/s1. The number of rotatable bonds is 11. The number of hydrogen-bond donors (Lipinski definition) is 1. The summed E-state index contributed by atoms with van der Waals surface area (Å²) in [4.78, 5) is 32.5. The van der Waals surface area contributed by atoms with Gasteiger partial charge in [-0.2, -0.15) is 0 Å². The summed E-state index contributed by atoms with van der Waals surface area (Å²) in [5, 5.41) is 18.0. The second kappa shape index (κ2) is 14.0. The number of aliphatic hydroxyl groups is 1. The average Bonchev–Trinajstić information content (AvgIpc) is 3.84. The van der Waals surface area contributed by atoms with Crippen LogP contribution < -0.4 is 19.3 Å². The van der Waals surface area contributed by atoms with Gasteiger partial charge in [-0.1, -0.05) is 80.6 Å². The Morgan fingerprint density at radius 1 is 0.963 bits per heavy atom. The van der Waals surface area contributed by atoms with Crippen molar-refractivity contribution in [2.24, 2.45) is 11.8 Å². The van der Waals surface area contributed by atoms with Gasteiger partial charge < -0.3 is 24.2 Å². The molecule has 2 amide bonds. The topological polar surface area (TPSA) is 119 Å². The maximum atomic E-state index is 15.4. The van der Waals surface area contributed by atoms with Crippen LogP contribution in [0.2, 0.25) is 0 Å². The summed E-state index contributed by atoms with van der Waals surface area (Å²) in [5.74, 6) is 0.647. The fourth-order valence-corrected chi connectivity index (χ4v) is 8.96. The van der Waals surface area contributed by atoms with E-state index in [-0.39, 0.29) is 43.0 Å². The number of ether oxygens (including phenoxy) is 3. The zero-order valence-electron chi connectivity index (χ0n) is 31.0. The van der Waals surface area contributed by atoms with Crippen molar-refractivity contribution in [3.05, 3.63) is 126 Å². The predicted molar refractivity (Wildman–Crippen MR) is 204 cm³/mol. The molecule has 11 nitrogen and oxygen atoms in total. The molecule has 1 fully saturated rings. The number of amides is 2. The Kier molecular flexibility index (Phi) is 9.23. The number of aromatic nitrogens is 3. The van der Waals surface area contributed by atoms with Gasteiger partial charge in [0.1, 0.15) is 11.5 Å². The largest absolute Gasteiger partial charge is 0.497 e. The molecule has 4 aromatic carbocycles. The number of fused-ring (bicyclic) bond motifs is 3. The molecule has 11 heteroatoms. The lowest BCUT2D eigenvalue weighted by molar-refractivity contribution is -0.146. The van der Waals surface area contributed by atoms with Crippen LogP contribution in [0, 0.1) is 11.8 Å². The molecule has 3 aliphatic rings. The number of para-hydroxylation sites is 2. The molecular weight excluding hydrogens is 683 g/mol. The van der Waals surface area contributed by atoms with Crippen LogP contribution >= 0.6 is 0 Å². The van der Waals surface area contributed by atoms with Crippen LogP contribution in [-0.4, -0.2) is 58.3 Å². The Balaban J connectivity index is 1.26. The highest BCUT2D eigenvalue weighted by atomic mass is 16.5. The summed E-state index contributed by atoms with van der Waals surface area (Å²) in [6.45, 7) is 7.37. The quantitative estimate of drug-likeness (QED) is 0.168. The van der Waals surface area contributed by atoms with E-state index in [4.69, 9.17) is 14.2 Å². The van der Waals surface area contributed by atoms with Gasteiger partial charge in [0, 0.05) is 48.9 Å². The van der Waals surface area contributed by atoms with Crippen molar-refractivity contribution < 1.29 is 28.9 Å². The van der Waals surface area contributed by atoms with Crippen molar-refractivity contribution in [3.63, 3.8) is 0 Å². The first-order valence-electron chi connectivity index (χ1n) is 18.5. The first kappa shape index (κ1) is 35.5. The van der Waals surface area contributed by atoms with E-state index in [1.807, 2.05) is 96.0 Å². The molecule has 3 aliphatic heterocycles. The first-order chi connectivity index (χ1) is 26.1. The Hall–Kier alpha value is -5.52. The third-order valence-corrected chi connectivity index (χ3v) is 11.6. The number of carbonyl (C=O) groups is 2. The van der Waals surface area contributed by atoms with Crippen LogP contribution in [0.25, 0.3) is 0 Å². The van der Waals surface area contributed by atoms with E-state index in [1.165, 1.54) is 0 Å². The van der Waals surface area contributed by atoms with Gasteiger partial charge in [-0.3, -0.25) is 19.2 Å². The molecule has 1 saturated heterocycles. The summed E-state index contributed by atoms with van der Waals surface area (Å²) in [6, 6.07) is 31.4. The van der Waals surface area contributed by atoms with Gasteiger partial charge in [0.05, 0.1) is 36.8 Å². The molecule has 0 radical (unpaired) electrons. The molecule has 1 aromatic heterocycles. The molecule has 0 bridgehead atoms. The highest BCUT2D eigenvalue weighted by Crippen LogP contribution is 2.60. The first-order valence-corrected chi connectivity index (χ1v) is 18.5. The van der Waals surface area contributed by atoms with Gasteiger partial charge in [-0.05, 0) is 65.4 Å². The number of anilines is 3. The third-order valence-electron chi connectivity index (χ3n) is 11.6. The number of aliphatic hydroxyl groups excluding tert-OH is 1. The lowest BCUT2D eigenvalue weighted by Crippen LogP contribution is -2.45. The Labute approximate surface area is 315 Å².